The number of nitrogens with one attached hydrogen (secondary N) is 2. The Morgan fingerprint density at radius 1 is 1.24 bits per heavy atom. The second-order valence-corrected chi connectivity index (χ2v) is 8.15. The average Bonchev–Trinajstić information content (AvgIpc) is 3.40. The second-order valence-electron chi connectivity index (χ2n) is 8.15. The Morgan fingerprint density at radius 3 is 2.70 bits per heavy atom. The van der Waals surface area contributed by atoms with Crippen molar-refractivity contribution in [2.24, 2.45) is 0 Å². The number of benzene rings is 1. The first kappa shape index (κ1) is 21.9. The van der Waals surface area contributed by atoms with Gasteiger partial charge in [0.1, 0.15) is 34.8 Å². The molecule has 0 saturated carbocycles. The third-order valence-corrected chi connectivity index (χ3v) is 4.44. The van der Waals surface area contributed by atoms with Gasteiger partial charge in [0.25, 0.3) is 5.56 Å². The summed E-state index contributed by atoms with van der Waals surface area (Å²) in [6.45, 7) is 5.25. The smallest absolute Gasteiger partial charge is 0.412 e. The third kappa shape index (κ3) is 5.14. The van der Waals surface area contributed by atoms with E-state index in [1.807, 2.05) is 0 Å². The molecule has 11 heteroatoms. The molecular weight excluding hydrogens is 431 g/mol. The van der Waals surface area contributed by atoms with Crippen molar-refractivity contribution in [1.82, 2.24) is 24.9 Å². The first-order valence-corrected chi connectivity index (χ1v) is 10.0. The van der Waals surface area contributed by atoms with Crippen LogP contribution in [0.2, 0.25) is 0 Å². The highest BCUT2D eigenvalue weighted by molar-refractivity contribution is 5.84. The van der Waals surface area contributed by atoms with Crippen LogP contribution in [0.3, 0.4) is 0 Å². The van der Waals surface area contributed by atoms with Crippen molar-refractivity contribution in [2.75, 3.05) is 5.32 Å². The highest BCUT2D eigenvalue weighted by Crippen LogP contribution is 2.24. The highest BCUT2D eigenvalue weighted by Gasteiger charge is 2.19. The number of nitrogens with zero attached hydrogens (tertiary/aromatic N) is 4. The van der Waals surface area contributed by atoms with Crippen molar-refractivity contribution < 1.29 is 18.4 Å². The zero-order chi connectivity index (χ0) is 23.6. The molecule has 2 N–H and O–H groups in total. The maximum Gasteiger partial charge on any atom is 0.412 e. The Balaban J connectivity index is 1.65. The first-order chi connectivity index (χ1) is 15.7. The fraction of sp³-hybridized carbons (Fsp3) is 0.227. The number of anilines is 1. The Bertz CT molecular complexity index is 1340. The first-order valence-electron chi connectivity index (χ1n) is 10.0. The monoisotopic (exact) mass is 452 g/mol. The number of aromatic amines is 1. The standard InChI is InChI=1S/C22H21FN6O4/c1-22(2,3)33-21(31)25-17-11-24-19(26-20(17)30)16-10-18(15-8-9-32-28-15)29(27-16)12-13-6-4-5-7-14(13)23/h4-11H,12H2,1-3H3,(H,25,31)(H,24,26,30). The Kier molecular flexibility index (Phi) is 5.78. The minimum absolute atomic E-state index is 0.0736. The zero-order valence-corrected chi connectivity index (χ0v) is 18.1. The molecular formula is C22H21FN6O4. The van der Waals surface area contributed by atoms with Crippen molar-refractivity contribution in [2.45, 2.75) is 32.9 Å². The van der Waals surface area contributed by atoms with Gasteiger partial charge in [-0.1, -0.05) is 23.4 Å². The van der Waals surface area contributed by atoms with E-state index in [0.717, 1.165) is 0 Å². The molecule has 4 rings (SSSR count). The van der Waals surface area contributed by atoms with Gasteiger partial charge >= 0.3 is 6.09 Å². The Labute approximate surface area is 187 Å². The molecule has 33 heavy (non-hydrogen) atoms. The molecule has 0 saturated heterocycles. The van der Waals surface area contributed by atoms with Crippen LogP contribution in [0.25, 0.3) is 22.9 Å². The summed E-state index contributed by atoms with van der Waals surface area (Å²) in [4.78, 5) is 31.2. The third-order valence-electron chi connectivity index (χ3n) is 4.44. The number of amides is 1. The summed E-state index contributed by atoms with van der Waals surface area (Å²) >= 11 is 0. The summed E-state index contributed by atoms with van der Waals surface area (Å²) in [6.07, 6.45) is 1.85. The fourth-order valence-electron chi connectivity index (χ4n) is 3.02. The largest absolute Gasteiger partial charge is 0.444 e. The van der Waals surface area contributed by atoms with Crippen molar-refractivity contribution in [3.8, 4) is 22.9 Å². The van der Waals surface area contributed by atoms with Gasteiger partial charge < -0.3 is 14.2 Å². The van der Waals surface area contributed by atoms with Gasteiger partial charge in [0.2, 0.25) is 0 Å². The number of aromatic nitrogens is 5. The molecule has 0 bridgehead atoms. The number of ether oxygens (including phenoxy) is 1. The lowest BCUT2D eigenvalue weighted by Crippen LogP contribution is -2.29. The molecule has 0 fully saturated rings. The molecule has 4 aromatic rings. The van der Waals surface area contributed by atoms with Gasteiger partial charge in [-0.3, -0.25) is 14.8 Å². The van der Waals surface area contributed by atoms with E-state index in [2.05, 4.69) is 25.5 Å². The lowest BCUT2D eigenvalue weighted by atomic mass is 10.2. The number of hydrogen-bond donors (Lipinski definition) is 2. The van der Waals surface area contributed by atoms with Crippen LogP contribution in [0.1, 0.15) is 26.3 Å². The van der Waals surface area contributed by atoms with Gasteiger partial charge in [0.15, 0.2) is 5.82 Å². The van der Waals surface area contributed by atoms with Crippen molar-refractivity contribution in [3.05, 3.63) is 70.6 Å². The van der Waals surface area contributed by atoms with Gasteiger partial charge in [-0.2, -0.15) is 5.10 Å². The van der Waals surface area contributed by atoms with Crippen LogP contribution in [0, 0.1) is 5.82 Å². The number of rotatable bonds is 5. The van der Waals surface area contributed by atoms with Crippen LogP contribution in [-0.2, 0) is 11.3 Å². The van der Waals surface area contributed by atoms with Crippen molar-refractivity contribution >= 4 is 11.8 Å². The number of carbonyl (C=O) groups excluding carboxylic acids is 1. The van der Waals surface area contributed by atoms with Crippen LogP contribution in [0.5, 0.6) is 0 Å². The molecule has 170 valence electrons. The molecule has 0 spiro atoms. The summed E-state index contributed by atoms with van der Waals surface area (Å²) in [6, 6.07) is 9.65. The Hall–Kier alpha value is -4.28. The molecule has 0 aliphatic heterocycles. The van der Waals surface area contributed by atoms with Crippen molar-refractivity contribution in [1.29, 1.82) is 0 Å². The summed E-state index contributed by atoms with van der Waals surface area (Å²) in [5, 5.41) is 10.8. The zero-order valence-electron chi connectivity index (χ0n) is 18.1. The fourth-order valence-corrected chi connectivity index (χ4v) is 3.02. The lowest BCUT2D eigenvalue weighted by molar-refractivity contribution is 0.0635. The molecule has 0 atom stereocenters. The minimum atomic E-state index is -0.773. The van der Waals surface area contributed by atoms with E-state index in [-0.39, 0.29) is 23.9 Å². The van der Waals surface area contributed by atoms with E-state index in [1.165, 1.54) is 18.5 Å². The molecule has 1 amide bonds. The summed E-state index contributed by atoms with van der Waals surface area (Å²) in [5.41, 5.74) is 0.400. The number of H-pyrrole nitrogens is 1. The van der Waals surface area contributed by atoms with E-state index in [0.29, 0.717) is 22.6 Å². The normalized spacial score (nSPS) is 11.4. The number of hydrogen-bond acceptors (Lipinski definition) is 7. The van der Waals surface area contributed by atoms with Crippen molar-refractivity contribution in [3.63, 3.8) is 0 Å². The van der Waals surface area contributed by atoms with E-state index >= 15 is 0 Å². The minimum Gasteiger partial charge on any atom is -0.444 e. The predicted molar refractivity (Wildman–Crippen MR) is 117 cm³/mol. The maximum absolute atomic E-state index is 14.2. The predicted octanol–water partition coefficient (Wildman–Crippen LogP) is 3.82. The van der Waals surface area contributed by atoms with E-state index in [4.69, 9.17) is 9.26 Å². The van der Waals surface area contributed by atoms with Gasteiger partial charge in [-0.15, -0.1) is 0 Å². The number of carbonyl (C=O) groups is 1. The van der Waals surface area contributed by atoms with E-state index < -0.39 is 17.3 Å². The molecule has 0 radical (unpaired) electrons. The van der Waals surface area contributed by atoms with Crippen LogP contribution in [0.15, 0.2) is 58.2 Å². The molecule has 0 aliphatic rings. The summed E-state index contributed by atoms with van der Waals surface area (Å²) < 4.78 is 25.8. The molecule has 10 nitrogen and oxygen atoms in total. The van der Waals surface area contributed by atoms with Gasteiger partial charge in [-0.05, 0) is 32.9 Å². The molecule has 0 unspecified atom stereocenters. The van der Waals surface area contributed by atoms with Gasteiger partial charge in [-0.25, -0.2) is 14.2 Å². The summed E-state index contributed by atoms with van der Waals surface area (Å²) in [7, 11) is 0. The van der Waals surface area contributed by atoms with Crippen LogP contribution >= 0.6 is 0 Å². The van der Waals surface area contributed by atoms with Crippen LogP contribution in [-0.4, -0.2) is 36.6 Å². The lowest BCUT2D eigenvalue weighted by Gasteiger charge is -2.19. The maximum atomic E-state index is 14.2. The Morgan fingerprint density at radius 2 is 2.03 bits per heavy atom. The summed E-state index contributed by atoms with van der Waals surface area (Å²) in [5.74, 6) is -0.212. The highest BCUT2D eigenvalue weighted by atomic mass is 19.1. The van der Waals surface area contributed by atoms with Gasteiger partial charge in [0.05, 0.1) is 18.4 Å². The van der Waals surface area contributed by atoms with Crippen LogP contribution in [0.4, 0.5) is 14.9 Å². The SMILES string of the molecule is CC(C)(C)OC(=O)Nc1cnc(-c2cc(-c3ccon3)n(Cc3ccccc3F)n2)[nH]c1=O. The van der Waals surface area contributed by atoms with Crippen LogP contribution < -0.4 is 10.9 Å². The molecule has 3 heterocycles. The molecule has 3 aromatic heterocycles. The average molecular weight is 452 g/mol. The quantitative estimate of drug-likeness (QED) is 0.471. The molecule has 1 aromatic carbocycles. The van der Waals surface area contributed by atoms with E-state index in [9.17, 15) is 14.0 Å². The molecule has 0 aliphatic carbocycles. The van der Waals surface area contributed by atoms with E-state index in [1.54, 1.807) is 55.8 Å². The number of halogens is 1. The topological polar surface area (TPSA) is 128 Å². The second kappa shape index (κ2) is 8.69. The van der Waals surface area contributed by atoms with Gasteiger partial charge in [0, 0.05) is 11.6 Å².